The highest BCUT2D eigenvalue weighted by atomic mass is 32.3. The fourth-order valence-corrected chi connectivity index (χ4v) is 1.94. The van der Waals surface area contributed by atoms with Gasteiger partial charge in [0.15, 0.2) is 0 Å². The van der Waals surface area contributed by atoms with Crippen LogP contribution in [0.2, 0.25) is 0 Å². The van der Waals surface area contributed by atoms with Crippen molar-refractivity contribution >= 4 is 10.0 Å². The van der Waals surface area contributed by atoms with Crippen LogP contribution < -0.4 is 0 Å². The molecule has 0 nitrogen and oxygen atoms in total. The van der Waals surface area contributed by atoms with Crippen molar-refractivity contribution in [2.75, 3.05) is 12.5 Å². The maximum Gasteiger partial charge on any atom is -0.00727 e. The normalized spacial score (nSPS) is 14.5. The third kappa shape index (κ3) is 4.18. The van der Waals surface area contributed by atoms with Crippen LogP contribution >= 0.6 is 10.0 Å². The fourth-order valence-electron chi connectivity index (χ4n) is 0.853. The lowest BCUT2D eigenvalue weighted by molar-refractivity contribution is 1.22. The Bertz CT molecular complexity index is 232. The van der Waals surface area contributed by atoms with Gasteiger partial charge in [-0.3, -0.25) is 0 Å². The highest BCUT2D eigenvalue weighted by molar-refractivity contribution is 8.38. The van der Waals surface area contributed by atoms with Crippen molar-refractivity contribution in [3.05, 3.63) is 47.8 Å². The largest absolute Gasteiger partial charge is 0.201 e. The zero-order valence-electron chi connectivity index (χ0n) is 8.92. The van der Waals surface area contributed by atoms with Gasteiger partial charge >= 0.3 is 0 Å². The van der Waals surface area contributed by atoms with E-state index < -0.39 is 10.0 Å². The Balaban J connectivity index is 4.81. The summed E-state index contributed by atoms with van der Waals surface area (Å²) in [6, 6.07) is 0. The van der Waals surface area contributed by atoms with E-state index in [1.54, 1.807) is 0 Å². The molecule has 0 fully saturated rings. The van der Waals surface area contributed by atoms with Crippen LogP contribution in [0.25, 0.3) is 0 Å². The van der Waals surface area contributed by atoms with Crippen LogP contribution in [0.5, 0.6) is 0 Å². The van der Waals surface area contributed by atoms with E-state index in [1.807, 2.05) is 11.5 Å². The molecule has 0 atom stereocenters. The predicted molar refractivity (Wildman–Crippen MR) is 67.3 cm³/mol. The summed E-state index contributed by atoms with van der Waals surface area (Å²) in [5.41, 5.74) is 0. The highest BCUT2D eigenvalue weighted by Gasteiger charge is 2.09. The SMILES string of the molecule is C=C/C=C(\C=C/CC)S(C)(C)C=C. The first kappa shape index (κ1) is 12.3. The van der Waals surface area contributed by atoms with Crippen LogP contribution in [0.3, 0.4) is 0 Å². The first-order valence-electron chi connectivity index (χ1n) is 4.43. The molecule has 0 aromatic carbocycles. The van der Waals surface area contributed by atoms with Gasteiger partial charge in [0, 0.05) is 0 Å². The third-order valence-corrected chi connectivity index (χ3v) is 4.14. The molecule has 13 heavy (non-hydrogen) atoms. The van der Waals surface area contributed by atoms with E-state index in [1.165, 1.54) is 4.91 Å². The molecule has 0 rings (SSSR count). The summed E-state index contributed by atoms with van der Waals surface area (Å²) in [4.78, 5) is 1.33. The molecule has 0 spiro atoms. The molecule has 0 bridgehead atoms. The second-order valence-corrected chi connectivity index (χ2v) is 6.80. The van der Waals surface area contributed by atoms with E-state index in [4.69, 9.17) is 0 Å². The summed E-state index contributed by atoms with van der Waals surface area (Å²) >= 11 is 0. The molecular formula is C12H20S. The minimum atomic E-state index is -0.828. The van der Waals surface area contributed by atoms with Gasteiger partial charge in [-0.15, -0.1) is 0 Å². The Morgan fingerprint density at radius 2 is 1.92 bits per heavy atom. The molecular weight excluding hydrogens is 176 g/mol. The second kappa shape index (κ2) is 5.87. The summed E-state index contributed by atoms with van der Waals surface area (Å²) in [5, 5.41) is 2.04. The predicted octanol–water partition coefficient (Wildman–Crippen LogP) is 4.23. The summed E-state index contributed by atoms with van der Waals surface area (Å²) in [6.07, 6.45) is 13.8. The van der Waals surface area contributed by atoms with Gasteiger partial charge in [-0.25, -0.2) is 10.0 Å². The van der Waals surface area contributed by atoms with Crippen molar-refractivity contribution in [1.29, 1.82) is 0 Å². The molecule has 0 aromatic heterocycles. The van der Waals surface area contributed by atoms with Crippen LogP contribution in [-0.2, 0) is 0 Å². The summed E-state index contributed by atoms with van der Waals surface area (Å²) in [5.74, 6) is 0. The molecule has 0 aliphatic rings. The van der Waals surface area contributed by atoms with Crippen LogP contribution in [0.1, 0.15) is 13.3 Å². The molecule has 0 aliphatic heterocycles. The molecule has 0 radical (unpaired) electrons. The van der Waals surface area contributed by atoms with Crippen molar-refractivity contribution in [2.45, 2.75) is 13.3 Å². The first-order valence-corrected chi connectivity index (χ1v) is 6.94. The minimum absolute atomic E-state index is 0.828. The molecule has 74 valence electrons. The summed E-state index contributed by atoms with van der Waals surface area (Å²) in [7, 11) is -0.828. The maximum atomic E-state index is 3.87. The quantitative estimate of drug-likeness (QED) is 0.577. The average molecular weight is 196 g/mol. The lowest BCUT2D eigenvalue weighted by Crippen LogP contribution is -1.92. The number of hydrogen-bond acceptors (Lipinski definition) is 0. The van der Waals surface area contributed by atoms with Gasteiger partial charge in [0.1, 0.15) is 0 Å². The highest BCUT2D eigenvalue weighted by Crippen LogP contribution is 2.50. The van der Waals surface area contributed by atoms with Crippen molar-refractivity contribution in [2.24, 2.45) is 0 Å². The van der Waals surface area contributed by atoms with Crippen LogP contribution in [0, 0.1) is 0 Å². The number of allylic oxidation sites excluding steroid dienone is 4. The molecule has 0 saturated heterocycles. The van der Waals surface area contributed by atoms with Gasteiger partial charge in [-0.1, -0.05) is 49.8 Å². The molecule has 0 heterocycles. The minimum Gasteiger partial charge on any atom is -0.201 e. The Labute approximate surface area is 84.1 Å². The fraction of sp³-hybridized carbons (Fsp3) is 0.333. The van der Waals surface area contributed by atoms with Gasteiger partial charge in [0.25, 0.3) is 0 Å². The van der Waals surface area contributed by atoms with Gasteiger partial charge in [0.05, 0.1) is 0 Å². The topological polar surface area (TPSA) is 0 Å². The van der Waals surface area contributed by atoms with E-state index in [9.17, 15) is 0 Å². The summed E-state index contributed by atoms with van der Waals surface area (Å²) in [6.45, 7) is 9.73. The summed E-state index contributed by atoms with van der Waals surface area (Å²) < 4.78 is 0. The Kier molecular flexibility index (Phi) is 5.56. The van der Waals surface area contributed by atoms with Crippen molar-refractivity contribution < 1.29 is 0 Å². The van der Waals surface area contributed by atoms with Crippen molar-refractivity contribution in [1.82, 2.24) is 0 Å². The monoisotopic (exact) mass is 196 g/mol. The molecule has 0 unspecified atom stereocenters. The van der Waals surface area contributed by atoms with Crippen molar-refractivity contribution in [3.63, 3.8) is 0 Å². The number of rotatable bonds is 5. The Hall–Kier alpha value is -0.690. The molecule has 0 saturated carbocycles. The van der Waals surface area contributed by atoms with Gasteiger partial charge in [0.2, 0.25) is 0 Å². The van der Waals surface area contributed by atoms with Crippen LogP contribution in [0.15, 0.2) is 47.8 Å². The smallest absolute Gasteiger partial charge is 0.00727 e. The van der Waals surface area contributed by atoms with Gasteiger partial charge in [-0.2, -0.15) is 0 Å². The van der Waals surface area contributed by atoms with Crippen molar-refractivity contribution in [3.8, 4) is 0 Å². The van der Waals surface area contributed by atoms with Crippen LogP contribution in [-0.4, -0.2) is 12.5 Å². The van der Waals surface area contributed by atoms with E-state index in [0.29, 0.717) is 0 Å². The standard InChI is InChI=1S/C12H20S/c1-6-9-11-12(10-7-2)13(4,5)8-3/h7-11H,2-3,6H2,1,4-5H3/b11-9-,12-10+. The Morgan fingerprint density at radius 3 is 2.31 bits per heavy atom. The van der Waals surface area contributed by atoms with E-state index in [-0.39, 0.29) is 0 Å². The lowest BCUT2D eigenvalue weighted by Gasteiger charge is -2.28. The van der Waals surface area contributed by atoms with E-state index in [0.717, 1.165) is 6.42 Å². The van der Waals surface area contributed by atoms with Gasteiger partial charge < -0.3 is 0 Å². The van der Waals surface area contributed by atoms with E-state index in [2.05, 4.69) is 50.8 Å². The average Bonchev–Trinajstić information content (AvgIpc) is 2.12. The lowest BCUT2D eigenvalue weighted by atomic mass is 10.4. The molecule has 0 amide bonds. The Morgan fingerprint density at radius 1 is 1.31 bits per heavy atom. The zero-order chi connectivity index (χ0) is 10.3. The molecule has 0 aliphatic carbocycles. The second-order valence-electron chi connectivity index (χ2n) is 3.19. The molecule has 0 aromatic rings. The third-order valence-electron chi connectivity index (χ3n) is 1.82. The molecule has 0 N–H and O–H groups in total. The number of hydrogen-bond donors (Lipinski definition) is 0. The molecule has 1 heteroatoms. The maximum absolute atomic E-state index is 3.87. The van der Waals surface area contributed by atoms with Crippen LogP contribution in [0.4, 0.5) is 0 Å². The zero-order valence-corrected chi connectivity index (χ0v) is 9.73. The van der Waals surface area contributed by atoms with E-state index >= 15 is 0 Å². The first-order chi connectivity index (χ1) is 6.08. The van der Waals surface area contributed by atoms with Gasteiger partial charge in [-0.05, 0) is 23.8 Å².